The van der Waals surface area contributed by atoms with Crippen molar-refractivity contribution < 1.29 is 13.6 Å². The van der Waals surface area contributed by atoms with Crippen molar-refractivity contribution in [1.82, 2.24) is 0 Å². The third kappa shape index (κ3) is 6.78. The number of furan rings is 2. The van der Waals surface area contributed by atoms with E-state index in [1.807, 2.05) is 18.2 Å². The van der Waals surface area contributed by atoms with Gasteiger partial charge in [-0.3, -0.25) is 0 Å². The number of para-hydroxylation sites is 4. The first kappa shape index (κ1) is 41.6. The molecule has 10 aromatic carbocycles. The molecule has 0 radical (unpaired) electrons. The zero-order valence-corrected chi connectivity index (χ0v) is 41.0. The number of nitrogens with zero attached hydrogens (tertiary/aromatic N) is 2. The van der Waals surface area contributed by atoms with Crippen LogP contribution in [0.2, 0.25) is 0 Å². The minimum Gasteiger partial charge on any atom is -0.456 e. The van der Waals surface area contributed by atoms with Crippen molar-refractivity contribution in [1.29, 1.82) is 0 Å². The highest BCUT2D eigenvalue weighted by atomic mass is 32.3. The first-order valence-corrected chi connectivity index (χ1v) is 29.0. The standard InChI is InChI=1S/C62H50N2O3S2/c1-68(2,3)44-31-26-40(27-32-44)63(54-19-11-17-50-46-14-7-9-21-56(46)66-61(50)54)42-25-24-39-36-53-48-35-30-43(38-59(48)65-58-23-13-16-49(60(53)58)52(39)37-42)64(41-28-33-45(34-29-41)69(4,5)6)55-20-12-18-51-47-15-8-10-22-57(47)67-62(51)55/h7-38H,1-6H3. The molecule has 0 spiro atoms. The summed E-state index contributed by atoms with van der Waals surface area (Å²) in [4.78, 5) is 7.39. The predicted molar refractivity (Wildman–Crippen MR) is 298 cm³/mol. The average molecular weight is 935 g/mol. The van der Waals surface area contributed by atoms with E-state index >= 15 is 0 Å². The molecule has 0 fully saturated rings. The summed E-state index contributed by atoms with van der Waals surface area (Å²) < 4.78 is 20.4. The molecular formula is C62H50N2O3S2. The summed E-state index contributed by atoms with van der Waals surface area (Å²) >= 11 is 0. The third-order valence-electron chi connectivity index (χ3n) is 13.8. The van der Waals surface area contributed by atoms with E-state index in [-0.39, 0.29) is 0 Å². The first-order chi connectivity index (χ1) is 33.5. The molecule has 5 nitrogen and oxygen atoms in total. The normalized spacial score (nSPS) is 13.1. The first-order valence-electron chi connectivity index (χ1n) is 23.3. The van der Waals surface area contributed by atoms with E-state index in [0.717, 1.165) is 122 Å². The van der Waals surface area contributed by atoms with E-state index in [1.165, 1.54) is 9.79 Å². The van der Waals surface area contributed by atoms with Gasteiger partial charge in [0.1, 0.15) is 22.7 Å². The molecule has 338 valence electrons. The molecule has 0 atom stereocenters. The van der Waals surface area contributed by atoms with Gasteiger partial charge >= 0.3 is 0 Å². The molecule has 0 N–H and O–H groups in total. The van der Waals surface area contributed by atoms with Gasteiger partial charge in [-0.2, -0.15) is 0 Å². The fourth-order valence-corrected chi connectivity index (χ4v) is 12.3. The van der Waals surface area contributed by atoms with Gasteiger partial charge < -0.3 is 23.4 Å². The smallest absolute Gasteiger partial charge is 0.159 e. The fraction of sp³-hybridized carbons (Fsp3) is 0.0968. The summed E-state index contributed by atoms with van der Waals surface area (Å²) in [6.07, 6.45) is 14.0. The molecule has 0 aliphatic carbocycles. The number of hydrogen-bond donors (Lipinski definition) is 0. The summed E-state index contributed by atoms with van der Waals surface area (Å²) in [5.41, 5.74) is 11.8. The maximum Gasteiger partial charge on any atom is 0.159 e. The number of benzene rings is 10. The Labute approximate surface area is 404 Å². The van der Waals surface area contributed by atoms with Crippen molar-refractivity contribution in [3.05, 3.63) is 194 Å². The summed E-state index contributed by atoms with van der Waals surface area (Å²) in [5, 5.41) is 8.95. The maximum atomic E-state index is 7.02. The Bertz CT molecular complexity index is 4030. The van der Waals surface area contributed by atoms with E-state index in [2.05, 4.69) is 223 Å². The Hall–Kier alpha value is -7.58. The molecule has 0 amide bonds. The number of fused-ring (bicyclic) bond motifs is 10. The van der Waals surface area contributed by atoms with Crippen molar-refractivity contribution in [3.8, 4) is 22.6 Å². The van der Waals surface area contributed by atoms with Crippen LogP contribution in [0.25, 0.3) is 76.5 Å². The number of rotatable bonds is 8. The lowest BCUT2D eigenvalue weighted by atomic mass is 9.90. The van der Waals surface area contributed by atoms with Crippen LogP contribution in [0.4, 0.5) is 34.1 Å². The highest BCUT2D eigenvalue weighted by Gasteiger charge is 2.27. The van der Waals surface area contributed by atoms with Crippen LogP contribution in [-0.4, -0.2) is 37.5 Å². The van der Waals surface area contributed by atoms with Gasteiger partial charge in [0.25, 0.3) is 0 Å². The number of anilines is 6. The predicted octanol–water partition coefficient (Wildman–Crippen LogP) is 18.6. The SMILES string of the molecule is CS(C)(C)c1ccc(N(c2ccc3c(c2)Oc2cccc4c2c-3cc2ccc(N(c3ccc(S(C)(C)C)cc3)c3cccc5c3oc3ccccc35)cc24)c2cccc3c2oc2ccccc23)cc1. The number of ether oxygens (including phenoxy) is 1. The van der Waals surface area contributed by atoms with Gasteiger partial charge in [0.05, 0.1) is 17.1 Å². The molecule has 0 saturated carbocycles. The summed E-state index contributed by atoms with van der Waals surface area (Å²) in [6, 6.07) is 70.0. The average Bonchev–Trinajstić information content (AvgIpc) is 3.94. The fourth-order valence-electron chi connectivity index (χ4n) is 10.4. The highest BCUT2D eigenvalue weighted by Crippen LogP contribution is 2.54. The van der Waals surface area contributed by atoms with E-state index in [0.29, 0.717) is 0 Å². The quantitative estimate of drug-likeness (QED) is 0.142. The van der Waals surface area contributed by atoms with Crippen LogP contribution in [-0.2, 0) is 0 Å². The molecule has 12 aromatic rings. The van der Waals surface area contributed by atoms with Crippen LogP contribution < -0.4 is 14.5 Å². The maximum absolute atomic E-state index is 7.02. The Balaban J connectivity index is 0.961. The molecule has 1 aliphatic rings. The van der Waals surface area contributed by atoms with Gasteiger partial charge in [-0.05, 0) is 178 Å². The zero-order valence-electron chi connectivity index (χ0n) is 39.4. The van der Waals surface area contributed by atoms with Crippen LogP contribution in [0.1, 0.15) is 0 Å². The van der Waals surface area contributed by atoms with Gasteiger partial charge in [-0.25, -0.2) is 20.1 Å². The van der Waals surface area contributed by atoms with E-state index in [9.17, 15) is 0 Å². The topological polar surface area (TPSA) is 42.0 Å². The summed E-state index contributed by atoms with van der Waals surface area (Å²) in [5.74, 6) is 1.65. The Morgan fingerprint density at radius 3 is 1.39 bits per heavy atom. The third-order valence-corrected chi connectivity index (χ3v) is 17.1. The van der Waals surface area contributed by atoms with Crippen LogP contribution >= 0.6 is 20.1 Å². The van der Waals surface area contributed by atoms with E-state index in [1.54, 1.807) is 0 Å². The lowest BCUT2D eigenvalue weighted by Crippen LogP contribution is -2.11. The van der Waals surface area contributed by atoms with Crippen molar-refractivity contribution in [2.75, 3.05) is 47.3 Å². The lowest BCUT2D eigenvalue weighted by molar-refractivity contribution is 0.487. The lowest BCUT2D eigenvalue weighted by Gasteiger charge is -2.30. The Morgan fingerprint density at radius 2 is 0.826 bits per heavy atom. The monoisotopic (exact) mass is 934 g/mol. The minimum absolute atomic E-state index is 0.812. The molecule has 3 heterocycles. The molecular weight excluding hydrogens is 885 g/mol. The van der Waals surface area contributed by atoms with Crippen LogP contribution in [0, 0.1) is 0 Å². The zero-order chi connectivity index (χ0) is 46.8. The van der Waals surface area contributed by atoms with Gasteiger partial charge in [-0.15, -0.1) is 0 Å². The van der Waals surface area contributed by atoms with Crippen molar-refractivity contribution >= 4 is 120 Å². The molecule has 13 rings (SSSR count). The number of hydrogen-bond acceptors (Lipinski definition) is 5. The second-order valence-electron chi connectivity index (χ2n) is 19.6. The van der Waals surface area contributed by atoms with Crippen LogP contribution in [0.5, 0.6) is 11.5 Å². The highest BCUT2D eigenvalue weighted by molar-refractivity contribution is 8.32. The summed E-state index contributed by atoms with van der Waals surface area (Å²) in [7, 11) is -1.83. The van der Waals surface area contributed by atoms with Crippen LogP contribution in [0.3, 0.4) is 0 Å². The van der Waals surface area contributed by atoms with Crippen molar-refractivity contribution in [3.63, 3.8) is 0 Å². The van der Waals surface area contributed by atoms with E-state index < -0.39 is 20.1 Å². The van der Waals surface area contributed by atoms with Gasteiger partial charge in [0, 0.05) is 55.6 Å². The van der Waals surface area contributed by atoms with Gasteiger partial charge in [0.15, 0.2) is 11.2 Å². The molecule has 7 heteroatoms. The molecule has 0 bridgehead atoms. The Kier molecular flexibility index (Phi) is 9.33. The van der Waals surface area contributed by atoms with Crippen molar-refractivity contribution in [2.45, 2.75) is 9.79 Å². The summed E-state index contributed by atoms with van der Waals surface area (Å²) in [6.45, 7) is 0. The van der Waals surface area contributed by atoms with Gasteiger partial charge in [0.2, 0.25) is 0 Å². The second-order valence-corrected chi connectivity index (χ2v) is 27.9. The Morgan fingerprint density at radius 1 is 0.348 bits per heavy atom. The van der Waals surface area contributed by atoms with Crippen LogP contribution in [0.15, 0.2) is 213 Å². The molecule has 0 unspecified atom stereocenters. The molecule has 0 saturated heterocycles. The van der Waals surface area contributed by atoms with Gasteiger partial charge in [-0.1, -0.05) is 78.9 Å². The minimum atomic E-state index is -0.916. The van der Waals surface area contributed by atoms with Crippen molar-refractivity contribution in [2.24, 2.45) is 0 Å². The second kappa shape index (κ2) is 15.5. The van der Waals surface area contributed by atoms with E-state index in [4.69, 9.17) is 13.6 Å². The largest absolute Gasteiger partial charge is 0.456 e. The molecule has 2 aromatic heterocycles. The molecule has 1 aliphatic heterocycles. The molecule has 69 heavy (non-hydrogen) atoms.